The lowest BCUT2D eigenvalue weighted by Crippen LogP contribution is -2.31. The fourth-order valence-corrected chi connectivity index (χ4v) is 7.25. The molecule has 0 saturated heterocycles. The van der Waals surface area contributed by atoms with Crippen LogP contribution in [-0.4, -0.2) is 0 Å². The van der Waals surface area contributed by atoms with Crippen molar-refractivity contribution in [2.24, 2.45) is 0 Å². The second-order valence-electron chi connectivity index (χ2n) is 11.2. The predicted molar refractivity (Wildman–Crippen MR) is 189 cm³/mol. The SMILES string of the molecule is [2H]c1c([2H])c([2H])c2c(c1[2H])-c1c([2H])c([2H])c(-c3c([2H])c([2H])c4c(c3[2H])-c3cccc5cccc(c35)O4)c([2H])c1C21c2c([2H])c([2H])c([2H])c([2H])c2-c2c([2H])c([2H])c([2H])c3c([2H])c([2H])c([2H])c1c23. The molecule has 212 valence electrons. The molecule has 1 spiro atoms. The second kappa shape index (κ2) is 8.62. The Morgan fingerprint density at radius 2 is 1.07 bits per heavy atom. The molecule has 1 nitrogen and oxygen atoms in total. The van der Waals surface area contributed by atoms with Gasteiger partial charge in [-0.3, -0.25) is 0 Å². The van der Waals surface area contributed by atoms with Gasteiger partial charge in [0, 0.05) is 10.9 Å². The minimum atomic E-state index is -2.79. The molecule has 46 heavy (non-hydrogen) atoms. The Bertz CT molecular complexity index is 3740. The van der Waals surface area contributed by atoms with Gasteiger partial charge in [0.1, 0.15) is 11.5 Å². The molecule has 1 heteroatoms. The van der Waals surface area contributed by atoms with Gasteiger partial charge in [0.05, 0.1) is 32.8 Å². The Balaban J connectivity index is 1.44. The second-order valence-corrected chi connectivity index (χ2v) is 11.2. The van der Waals surface area contributed by atoms with Gasteiger partial charge in [-0.05, 0) is 102 Å². The van der Waals surface area contributed by atoms with Crippen LogP contribution >= 0.6 is 0 Å². The molecular weight excluding hydrogens is 556 g/mol. The molecule has 11 rings (SSSR count). The molecule has 1 aliphatic heterocycles. The quantitative estimate of drug-likeness (QED) is 0.182. The lowest BCUT2D eigenvalue weighted by molar-refractivity contribution is 0.487. The van der Waals surface area contributed by atoms with Crippen LogP contribution < -0.4 is 4.74 Å². The third kappa shape index (κ3) is 2.91. The van der Waals surface area contributed by atoms with Crippen LogP contribution in [0.3, 0.4) is 0 Å². The van der Waals surface area contributed by atoms with E-state index in [-0.39, 0.29) is 11.3 Å². The Hall–Kier alpha value is -5.92. The van der Waals surface area contributed by atoms with E-state index in [9.17, 15) is 16.4 Å². The monoisotopic (exact) mass is 602 g/mol. The number of hydrogen-bond donors (Lipinski definition) is 0. The van der Waals surface area contributed by atoms with Gasteiger partial charge in [0.2, 0.25) is 0 Å². The van der Waals surface area contributed by atoms with Gasteiger partial charge in [0.25, 0.3) is 0 Å². The van der Waals surface area contributed by atoms with Crippen LogP contribution in [0.2, 0.25) is 0 Å². The summed E-state index contributed by atoms with van der Waals surface area (Å²) in [6.07, 6.45) is 0. The highest BCUT2D eigenvalue weighted by Gasteiger charge is 2.50. The molecule has 2 aliphatic carbocycles. The van der Waals surface area contributed by atoms with E-state index in [1.54, 1.807) is 36.4 Å². The number of ether oxygens (including phenoxy) is 1. The highest BCUT2D eigenvalue weighted by Crippen LogP contribution is 2.62. The number of rotatable bonds is 1. The summed E-state index contributed by atoms with van der Waals surface area (Å²) in [5.41, 5.74) is -7.73. The van der Waals surface area contributed by atoms with Crippen molar-refractivity contribution in [3.05, 3.63) is 180 Å². The number of fused-ring (bicyclic) bond motifs is 11. The topological polar surface area (TPSA) is 9.23 Å². The fraction of sp³-hybridized carbons (Fsp3) is 0.0222. The lowest BCUT2D eigenvalue weighted by atomic mass is 9.61. The first-order chi connectivity index (χ1) is 31.2. The van der Waals surface area contributed by atoms with Crippen molar-refractivity contribution in [3.63, 3.8) is 0 Å². The molecule has 8 aromatic carbocycles. The maximum absolute atomic E-state index is 10.3. The fourth-order valence-electron chi connectivity index (χ4n) is 7.25. The van der Waals surface area contributed by atoms with Crippen molar-refractivity contribution < 1.29 is 32.2 Å². The molecule has 1 atom stereocenters. The smallest absolute Gasteiger partial charge is 0.135 e. The molecule has 1 unspecified atom stereocenters. The maximum atomic E-state index is 10.3. The van der Waals surface area contributed by atoms with Crippen LogP contribution in [0.5, 0.6) is 11.5 Å². The maximum Gasteiger partial charge on any atom is 0.135 e. The van der Waals surface area contributed by atoms with Crippen LogP contribution in [0.4, 0.5) is 0 Å². The molecule has 0 aromatic heterocycles. The Kier molecular flexibility index (Phi) is 2.34. The van der Waals surface area contributed by atoms with E-state index < -0.39 is 193 Å². The van der Waals surface area contributed by atoms with Crippen molar-refractivity contribution in [1.82, 2.24) is 0 Å². The molecule has 0 N–H and O–H groups in total. The highest BCUT2D eigenvalue weighted by atomic mass is 16.5. The summed E-state index contributed by atoms with van der Waals surface area (Å²) in [7, 11) is 0. The van der Waals surface area contributed by atoms with Crippen molar-refractivity contribution in [1.29, 1.82) is 0 Å². The summed E-state index contributed by atoms with van der Waals surface area (Å²) in [6.45, 7) is 0. The molecule has 8 aromatic rings. The number of benzene rings is 8. The average molecular weight is 603 g/mol. The molecule has 1 heterocycles. The minimum Gasteiger partial charge on any atom is -0.456 e. The zero-order chi connectivity index (χ0) is 47.4. The van der Waals surface area contributed by atoms with E-state index in [2.05, 4.69) is 0 Å². The molecule has 3 aliphatic rings. The predicted octanol–water partition coefficient (Wildman–Crippen LogP) is 11.8. The first-order valence-electron chi connectivity index (χ1n) is 24.4. The first-order valence-corrected chi connectivity index (χ1v) is 14.4. The van der Waals surface area contributed by atoms with Crippen molar-refractivity contribution in [2.45, 2.75) is 5.41 Å². The van der Waals surface area contributed by atoms with Gasteiger partial charge in [-0.15, -0.1) is 0 Å². The summed E-state index contributed by atoms with van der Waals surface area (Å²) in [5, 5.41) is 0.359. The van der Waals surface area contributed by atoms with Gasteiger partial charge in [-0.2, -0.15) is 0 Å². The van der Waals surface area contributed by atoms with E-state index in [0.717, 1.165) is 0 Å². The van der Waals surface area contributed by atoms with E-state index in [1.165, 1.54) is 0 Å². The van der Waals surface area contributed by atoms with Crippen LogP contribution in [0, 0.1) is 0 Å². The molecular formula is C45H26O. The normalized spacial score (nSPS) is 22.2. The van der Waals surface area contributed by atoms with Crippen LogP contribution in [0.1, 0.15) is 49.7 Å². The van der Waals surface area contributed by atoms with Crippen LogP contribution in [-0.2, 0) is 5.41 Å². The Morgan fingerprint density at radius 3 is 1.91 bits per heavy atom. The Labute approximate surface area is 295 Å². The van der Waals surface area contributed by atoms with E-state index in [1.807, 2.05) is 0 Å². The lowest BCUT2D eigenvalue weighted by Gasteiger charge is -2.40. The van der Waals surface area contributed by atoms with Crippen LogP contribution in [0.15, 0.2) is 157 Å². The van der Waals surface area contributed by atoms with Crippen molar-refractivity contribution >= 4 is 21.5 Å². The molecule has 0 fully saturated rings. The highest BCUT2D eigenvalue weighted by molar-refractivity contribution is 6.07. The third-order valence-electron chi connectivity index (χ3n) is 9.06. The number of hydrogen-bond acceptors (Lipinski definition) is 1. The molecule has 0 saturated carbocycles. The summed E-state index contributed by atoms with van der Waals surface area (Å²) >= 11 is 0. The first kappa shape index (κ1) is 12.5. The molecule has 0 amide bonds. The van der Waals surface area contributed by atoms with Gasteiger partial charge >= 0.3 is 0 Å². The van der Waals surface area contributed by atoms with E-state index in [0.29, 0.717) is 22.1 Å². The van der Waals surface area contributed by atoms with E-state index in [4.69, 9.17) is 15.7 Å². The van der Waals surface area contributed by atoms with E-state index >= 15 is 0 Å². The molecule has 0 bridgehead atoms. The van der Waals surface area contributed by atoms with Crippen molar-refractivity contribution in [3.8, 4) is 56.0 Å². The summed E-state index contributed by atoms with van der Waals surface area (Å²) < 4.78 is 193. The standard InChI is InChI=1S/C45H26O/c1-3-17-37-31(13-1)33-23-21-30(29-22-24-41-36(25-29)35-16-6-10-28-12-8-20-42(46-41)44(28)35)26-40(33)45(37)38-18-4-2-14-32(38)34-15-5-9-27-11-7-19-39(45)43(27)34/h1-26H/i1D,2D,3D,4D,5D,7D,9D,11D,13D,14D,15D,17D,18D,19D,21D,22D,23D,24D,25D,26D. The zero-order valence-corrected chi connectivity index (χ0v) is 23.4. The van der Waals surface area contributed by atoms with Crippen molar-refractivity contribution in [2.75, 3.05) is 0 Å². The zero-order valence-electron chi connectivity index (χ0n) is 43.4. The summed E-state index contributed by atoms with van der Waals surface area (Å²) in [6, 6.07) is -5.58. The summed E-state index contributed by atoms with van der Waals surface area (Å²) in [5.74, 6) is 0.177. The van der Waals surface area contributed by atoms with Gasteiger partial charge in [-0.1, -0.05) is 133 Å². The van der Waals surface area contributed by atoms with Crippen LogP contribution in [0.25, 0.3) is 66.1 Å². The van der Waals surface area contributed by atoms with Gasteiger partial charge < -0.3 is 4.74 Å². The average Bonchev–Trinajstić information content (AvgIpc) is 3.60. The Morgan fingerprint density at radius 1 is 0.413 bits per heavy atom. The minimum absolute atomic E-state index is 0.0157. The van der Waals surface area contributed by atoms with Gasteiger partial charge in [-0.25, -0.2) is 0 Å². The van der Waals surface area contributed by atoms with Gasteiger partial charge in [0.15, 0.2) is 0 Å². The summed E-state index contributed by atoms with van der Waals surface area (Å²) in [4.78, 5) is 0. The molecule has 0 radical (unpaired) electrons. The largest absolute Gasteiger partial charge is 0.456 e. The third-order valence-corrected chi connectivity index (χ3v) is 9.06.